The first-order valence-electron chi connectivity index (χ1n) is 8.13. The van der Waals surface area contributed by atoms with Crippen molar-refractivity contribution in [3.8, 4) is 0 Å². The van der Waals surface area contributed by atoms with Crippen LogP contribution < -0.4 is 5.63 Å². The van der Waals surface area contributed by atoms with E-state index in [0.717, 1.165) is 4.47 Å². The highest BCUT2D eigenvalue weighted by molar-refractivity contribution is 9.10. The molecule has 0 N–H and O–H groups in total. The standard InChI is InChI=1S/C19H14BrNO6S/c1-11(28-15-5-3-14(4-6-15)21(24)25)19(23)26-10-12-8-18(22)27-17-9-13(20)2-7-16(12)17/h2-9,11H,10H2,1H3. The van der Waals surface area contributed by atoms with E-state index in [9.17, 15) is 19.7 Å². The zero-order valence-corrected chi connectivity index (χ0v) is 17.0. The molecule has 0 bridgehead atoms. The number of ether oxygens (including phenoxy) is 1. The lowest BCUT2D eigenvalue weighted by molar-refractivity contribution is -0.384. The normalized spacial score (nSPS) is 11.9. The number of nitrogens with zero attached hydrogens (tertiary/aromatic N) is 1. The van der Waals surface area contributed by atoms with Gasteiger partial charge >= 0.3 is 11.6 Å². The van der Waals surface area contributed by atoms with Crippen LogP contribution in [-0.4, -0.2) is 16.1 Å². The lowest BCUT2D eigenvalue weighted by Gasteiger charge is -2.12. The molecule has 9 heteroatoms. The second kappa shape index (κ2) is 8.57. The number of halogens is 1. The third kappa shape index (κ3) is 4.79. The van der Waals surface area contributed by atoms with Gasteiger partial charge in [0, 0.05) is 38.5 Å². The number of non-ortho nitro benzene ring substituents is 1. The summed E-state index contributed by atoms with van der Waals surface area (Å²) in [6.45, 7) is 1.62. The summed E-state index contributed by atoms with van der Waals surface area (Å²) in [4.78, 5) is 35.0. The minimum Gasteiger partial charge on any atom is -0.460 e. The fourth-order valence-corrected chi connectivity index (χ4v) is 3.69. The number of esters is 1. The molecule has 1 aromatic heterocycles. The Morgan fingerprint density at radius 3 is 2.64 bits per heavy atom. The van der Waals surface area contributed by atoms with Gasteiger partial charge in [-0.3, -0.25) is 14.9 Å². The number of nitro benzene ring substituents is 1. The summed E-state index contributed by atoms with van der Waals surface area (Å²) in [5.74, 6) is -0.457. The molecule has 144 valence electrons. The summed E-state index contributed by atoms with van der Waals surface area (Å²) in [5.41, 5.74) is 0.423. The highest BCUT2D eigenvalue weighted by Gasteiger charge is 2.18. The van der Waals surface area contributed by atoms with Crippen molar-refractivity contribution in [1.82, 2.24) is 0 Å². The van der Waals surface area contributed by atoms with Gasteiger partial charge in [-0.25, -0.2) is 4.79 Å². The van der Waals surface area contributed by atoms with Gasteiger partial charge in [0.15, 0.2) is 0 Å². The topological polar surface area (TPSA) is 99.6 Å². The van der Waals surface area contributed by atoms with Crippen LogP contribution in [0.1, 0.15) is 12.5 Å². The third-order valence-electron chi connectivity index (χ3n) is 3.85. The van der Waals surface area contributed by atoms with Gasteiger partial charge in [-0.1, -0.05) is 15.9 Å². The van der Waals surface area contributed by atoms with Crippen LogP contribution in [0.4, 0.5) is 5.69 Å². The molecule has 3 rings (SSSR count). The lowest BCUT2D eigenvalue weighted by atomic mass is 10.1. The van der Waals surface area contributed by atoms with Crippen molar-refractivity contribution >= 4 is 50.3 Å². The molecule has 7 nitrogen and oxygen atoms in total. The minimum atomic E-state index is -0.526. The molecule has 3 aromatic rings. The van der Waals surface area contributed by atoms with Gasteiger partial charge in [-0.2, -0.15) is 0 Å². The van der Waals surface area contributed by atoms with Gasteiger partial charge in [0.1, 0.15) is 17.4 Å². The molecule has 0 saturated heterocycles. The zero-order valence-electron chi connectivity index (χ0n) is 14.6. The molecular formula is C19H14BrNO6S. The van der Waals surface area contributed by atoms with Crippen LogP contribution in [0, 0.1) is 10.1 Å². The number of fused-ring (bicyclic) bond motifs is 1. The number of benzene rings is 2. The first-order chi connectivity index (χ1) is 13.3. The Hall–Kier alpha value is -2.65. The highest BCUT2D eigenvalue weighted by Crippen LogP contribution is 2.27. The van der Waals surface area contributed by atoms with Gasteiger partial charge in [-0.05, 0) is 37.3 Å². The van der Waals surface area contributed by atoms with Crippen molar-refractivity contribution in [2.75, 3.05) is 0 Å². The summed E-state index contributed by atoms with van der Waals surface area (Å²) < 4.78 is 11.3. The van der Waals surface area contributed by atoms with E-state index in [0.29, 0.717) is 21.4 Å². The molecule has 1 atom stereocenters. The average molecular weight is 464 g/mol. The molecule has 0 amide bonds. The molecule has 28 heavy (non-hydrogen) atoms. The first kappa shape index (κ1) is 20.1. The fraction of sp³-hybridized carbons (Fsp3) is 0.158. The Bertz CT molecular complexity index is 1100. The van der Waals surface area contributed by atoms with Crippen LogP contribution in [0.15, 0.2) is 67.1 Å². The van der Waals surface area contributed by atoms with E-state index in [2.05, 4.69) is 15.9 Å². The van der Waals surface area contributed by atoms with Crippen LogP contribution in [0.25, 0.3) is 11.0 Å². The largest absolute Gasteiger partial charge is 0.460 e. The van der Waals surface area contributed by atoms with E-state index < -0.39 is 21.8 Å². The van der Waals surface area contributed by atoms with E-state index in [1.807, 2.05) is 0 Å². The van der Waals surface area contributed by atoms with Crippen LogP contribution in [0.5, 0.6) is 0 Å². The van der Waals surface area contributed by atoms with Crippen molar-refractivity contribution in [2.45, 2.75) is 23.7 Å². The number of nitro groups is 1. The minimum absolute atomic E-state index is 0.0130. The van der Waals surface area contributed by atoms with E-state index in [1.54, 1.807) is 37.3 Å². The number of rotatable bonds is 6. The second-order valence-electron chi connectivity index (χ2n) is 5.85. The van der Waals surface area contributed by atoms with Crippen molar-refractivity contribution in [3.63, 3.8) is 0 Å². The number of thioether (sulfide) groups is 1. The van der Waals surface area contributed by atoms with Gasteiger partial charge in [0.2, 0.25) is 0 Å². The Balaban J connectivity index is 1.67. The SMILES string of the molecule is CC(Sc1ccc([N+](=O)[O-])cc1)C(=O)OCc1cc(=O)oc2cc(Br)ccc12. The molecule has 0 aliphatic heterocycles. The predicted molar refractivity (Wildman–Crippen MR) is 108 cm³/mol. The Morgan fingerprint density at radius 1 is 1.25 bits per heavy atom. The lowest BCUT2D eigenvalue weighted by Crippen LogP contribution is -2.17. The number of hydrogen-bond donors (Lipinski definition) is 0. The van der Waals surface area contributed by atoms with Crippen LogP contribution in [-0.2, 0) is 16.1 Å². The zero-order chi connectivity index (χ0) is 20.3. The Kier molecular flexibility index (Phi) is 6.15. The highest BCUT2D eigenvalue weighted by atomic mass is 79.9. The number of carbonyl (C=O) groups is 1. The third-order valence-corrected chi connectivity index (χ3v) is 5.44. The van der Waals surface area contributed by atoms with Crippen LogP contribution in [0.2, 0.25) is 0 Å². The summed E-state index contributed by atoms with van der Waals surface area (Å²) >= 11 is 4.55. The smallest absolute Gasteiger partial charge is 0.336 e. The number of hydrogen-bond acceptors (Lipinski definition) is 7. The Morgan fingerprint density at radius 2 is 1.96 bits per heavy atom. The Labute approximate surface area is 172 Å². The monoisotopic (exact) mass is 463 g/mol. The van der Waals surface area contributed by atoms with Gasteiger partial charge < -0.3 is 9.15 Å². The molecule has 1 unspecified atom stereocenters. The van der Waals surface area contributed by atoms with E-state index in [4.69, 9.17) is 9.15 Å². The van der Waals surface area contributed by atoms with Gasteiger partial charge in [0.25, 0.3) is 5.69 Å². The van der Waals surface area contributed by atoms with E-state index in [-0.39, 0.29) is 12.3 Å². The average Bonchev–Trinajstić information content (AvgIpc) is 2.65. The molecule has 1 heterocycles. The molecule has 0 aliphatic rings. The molecule has 0 spiro atoms. The van der Waals surface area contributed by atoms with Crippen molar-refractivity contribution < 1.29 is 18.9 Å². The van der Waals surface area contributed by atoms with Crippen molar-refractivity contribution in [3.05, 3.63) is 79.1 Å². The van der Waals surface area contributed by atoms with E-state index >= 15 is 0 Å². The fourth-order valence-electron chi connectivity index (χ4n) is 2.49. The molecule has 0 saturated carbocycles. The summed E-state index contributed by atoms with van der Waals surface area (Å²) in [5, 5.41) is 10.9. The maximum atomic E-state index is 12.3. The van der Waals surface area contributed by atoms with Crippen molar-refractivity contribution in [2.24, 2.45) is 0 Å². The summed E-state index contributed by atoms with van der Waals surface area (Å²) in [7, 11) is 0. The quantitative estimate of drug-likeness (QED) is 0.172. The van der Waals surface area contributed by atoms with Gasteiger partial charge in [0.05, 0.1) is 4.92 Å². The molecule has 2 aromatic carbocycles. The van der Waals surface area contributed by atoms with E-state index in [1.165, 1.54) is 30.0 Å². The second-order valence-corrected chi connectivity index (χ2v) is 8.18. The molecule has 0 fully saturated rings. The molecule has 0 radical (unpaired) electrons. The van der Waals surface area contributed by atoms with Gasteiger partial charge in [-0.15, -0.1) is 11.8 Å². The summed E-state index contributed by atoms with van der Waals surface area (Å²) in [6, 6.07) is 12.5. The van der Waals surface area contributed by atoms with Crippen LogP contribution >= 0.6 is 27.7 Å². The summed E-state index contributed by atoms with van der Waals surface area (Å²) in [6.07, 6.45) is 0. The predicted octanol–water partition coefficient (Wildman–Crippen LogP) is 4.69. The van der Waals surface area contributed by atoms with Crippen LogP contribution in [0.3, 0.4) is 0 Å². The first-order valence-corrected chi connectivity index (χ1v) is 9.81. The maximum absolute atomic E-state index is 12.3. The maximum Gasteiger partial charge on any atom is 0.336 e. The molecular weight excluding hydrogens is 450 g/mol. The molecule has 0 aliphatic carbocycles. The number of carbonyl (C=O) groups excluding carboxylic acids is 1. The van der Waals surface area contributed by atoms with Crippen molar-refractivity contribution in [1.29, 1.82) is 0 Å².